The molecule has 0 aliphatic carbocycles. The molecule has 1 atom stereocenters. The molecule has 0 amide bonds. The van der Waals surface area contributed by atoms with Crippen molar-refractivity contribution in [2.45, 2.75) is 31.8 Å². The van der Waals surface area contributed by atoms with Gasteiger partial charge in [-0.15, -0.1) is 0 Å². The summed E-state index contributed by atoms with van der Waals surface area (Å²) in [5.74, 6) is 0. The lowest BCUT2D eigenvalue weighted by Gasteiger charge is -2.17. The monoisotopic (exact) mass is 272 g/mol. The molecule has 18 heavy (non-hydrogen) atoms. The number of aliphatic hydroxyl groups excluding tert-OH is 1. The first-order valence-electron chi connectivity index (χ1n) is 4.93. The molecular formula is C11H10F6O. The first-order chi connectivity index (χ1) is 8.00. The van der Waals surface area contributed by atoms with Gasteiger partial charge in [0, 0.05) is 0 Å². The number of rotatable bonds is 2. The number of alkyl halides is 6. The number of hydrogen-bond donors (Lipinski definition) is 1. The zero-order valence-corrected chi connectivity index (χ0v) is 9.23. The van der Waals surface area contributed by atoms with E-state index in [0.29, 0.717) is 6.07 Å². The fourth-order valence-corrected chi connectivity index (χ4v) is 1.56. The third-order valence-corrected chi connectivity index (χ3v) is 2.38. The summed E-state index contributed by atoms with van der Waals surface area (Å²) in [6.45, 7) is 1.23. The first-order valence-corrected chi connectivity index (χ1v) is 4.93. The molecule has 1 rings (SSSR count). The fourth-order valence-electron chi connectivity index (χ4n) is 1.56. The van der Waals surface area contributed by atoms with Crippen LogP contribution in [0.5, 0.6) is 0 Å². The third-order valence-electron chi connectivity index (χ3n) is 2.38. The minimum absolute atomic E-state index is 0.0263. The molecule has 0 saturated heterocycles. The smallest absolute Gasteiger partial charge is 0.388 e. The second-order valence-electron chi connectivity index (χ2n) is 3.90. The fraction of sp³-hybridized carbons (Fsp3) is 0.455. The molecule has 0 radical (unpaired) electrons. The molecule has 0 heterocycles. The molecule has 0 aliphatic heterocycles. The summed E-state index contributed by atoms with van der Waals surface area (Å²) in [6, 6.07) is 2.24. The Kier molecular flexibility index (Phi) is 3.95. The van der Waals surface area contributed by atoms with Crippen LogP contribution in [0.2, 0.25) is 0 Å². The van der Waals surface area contributed by atoms with Crippen LogP contribution in [0.4, 0.5) is 26.3 Å². The Labute approximate surface area is 99.0 Å². The van der Waals surface area contributed by atoms with Crippen LogP contribution in [0, 0.1) is 6.92 Å². The van der Waals surface area contributed by atoms with Crippen LogP contribution >= 0.6 is 0 Å². The Balaban J connectivity index is 2.99. The summed E-state index contributed by atoms with van der Waals surface area (Å²) in [6.07, 6.45) is -12.5. The van der Waals surface area contributed by atoms with E-state index in [9.17, 15) is 31.4 Å². The average molecular weight is 272 g/mol. The third kappa shape index (κ3) is 3.90. The van der Waals surface area contributed by atoms with Gasteiger partial charge in [0.1, 0.15) is 0 Å². The summed E-state index contributed by atoms with van der Waals surface area (Å²) in [7, 11) is 0. The van der Waals surface area contributed by atoms with Gasteiger partial charge in [-0.25, -0.2) is 0 Å². The van der Waals surface area contributed by atoms with Gasteiger partial charge in [-0.2, -0.15) is 26.3 Å². The average Bonchev–Trinajstić information content (AvgIpc) is 2.12. The van der Waals surface area contributed by atoms with Gasteiger partial charge in [-0.05, 0) is 30.2 Å². The molecular weight excluding hydrogens is 262 g/mol. The van der Waals surface area contributed by atoms with Gasteiger partial charge in [0.05, 0.1) is 18.1 Å². The van der Waals surface area contributed by atoms with Crippen molar-refractivity contribution in [1.29, 1.82) is 0 Å². The molecule has 0 aliphatic rings. The normalized spacial score (nSPS) is 14.7. The van der Waals surface area contributed by atoms with Gasteiger partial charge in [0.25, 0.3) is 0 Å². The molecule has 1 unspecified atom stereocenters. The zero-order chi connectivity index (χ0) is 14.1. The van der Waals surface area contributed by atoms with Crippen molar-refractivity contribution in [2.24, 2.45) is 0 Å². The lowest BCUT2D eigenvalue weighted by atomic mass is 9.98. The minimum Gasteiger partial charge on any atom is -0.388 e. The summed E-state index contributed by atoms with van der Waals surface area (Å²) in [4.78, 5) is 0. The van der Waals surface area contributed by atoms with E-state index in [1.54, 1.807) is 0 Å². The largest absolute Gasteiger partial charge is 0.416 e. The van der Waals surface area contributed by atoms with Crippen molar-refractivity contribution < 1.29 is 31.4 Å². The van der Waals surface area contributed by atoms with E-state index in [1.807, 2.05) is 0 Å². The van der Waals surface area contributed by atoms with Gasteiger partial charge in [0.15, 0.2) is 0 Å². The lowest BCUT2D eigenvalue weighted by Crippen LogP contribution is -2.15. The minimum atomic E-state index is -4.57. The maximum atomic E-state index is 12.3. The molecule has 102 valence electrons. The number of halogens is 6. The van der Waals surface area contributed by atoms with Gasteiger partial charge < -0.3 is 5.11 Å². The Morgan fingerprint density at radius 2 is 1.67 bits per heavy atom. The summed E-state index contributed by atoms with van der Waals surface area (Å²) >= 11 is 0. The zero-order valence-electron chi connectivity index (χ0n) is 9.23. The molecule has 1 aromatic carbocycles. The van der Waals surface area contributed by atoms with Crippen LogP contribution < -0.4 is 0 Å². The maximum absolute atomic E-state index is 12.3. The number of aryl methyl sites for hydroxylation is 1. The highest BCUT2D eigenvalue weighted by molar-refractivity contribution is 5.34. The van der Waals surface area contributed by atoms with E-state index in [2.05, 4.69) is 0 Å². The summed E-state index contributed by atoms with van der Waals surface area (Å²) < 4.78 is 73.1. The molecule has 1 aromatic rings. The predicted octanol–water partition coefficient (Wildman–Crippen LogP) is 4.00. The van der Waals surface area contributed by atoms with Crippen LogP contribution in [0.25, 0.3) is 0 Å². The second-order valence-corrected chi connectivity index (χ2v) is 3.90. The van der Waals surface area contributed by atoms with Crippen molar-refractivity contribution in [2.75, 3.05) is 0 Å². The van der Waals surface area contributed by atoms with Crippen LogP contribution in [0.3, 0.4) is 0 Å². The maximum Gasteiger partial charge on any atom is 0.416 e. The van der Waals surface area contributed by atoms with Gasteiger partial charge in [-0.3, -0.25) is 0 Å². The quantitative estimate of drug-likeness (QED) is 0.807. The molecule has 0 aromatic heterocycles. The summed E-state index contributed by atoms with van der Waals surface area (Å²) in [5.41, 5.74) is -1.13. The molecule has 0 saturated carbocycles. The van der Waals surface area contributed by atoms with Crippen LogP contribution in [-0.2, 0) is 6.18 Å². The topological polar surface area (TPSA) is 20.2 Å². The van der Waals surface area contributed by atoms with Crippen LogP contribution in [0.15, 0.2) is 18.2 Å². The molecule has 0 spiro atoms. The number of benzene rings is 1. The van der Waals surface area contributed by atoms with E-state index in [4.69, 9.17) is 0 Å². The molecule has 0 bridgehead atoms. The molecule has 1 N–H and O–H groups in total. The van der Waals surface area contributed by atoms with Crippen LogP contribution in [-0.4, -0.2) is 11.3 Å². The van der Waals surface area contributed by atoms with E-state index in [-0.39, 0.29) is 11.1 Å². The Morgan fingerprint density at radius 3 is 2.06 bits per heavy atom. The van der Waals surface area contributed by atoms with Gasteiger partial charge in [-0.1, -0.05) is 6.07 Å². The van der Waals surface area contributed by atoms with Gasteiger partial charge >= 0.3 is 12.4 Å². The van der Waals surface area contributed by atoms with Crippen molar-refractivity contribution in [1.82, 2.24) is 0 Å². The number of hydrogen-bond acceptors (Lipinski definition) is 1. The van der Waals surface area contributed by atoms with Crippen molar-refractivity contribution >= 4 is 0 Å². The Bertz CT molecular complexity index is 421. The second kappa shape index (κ2) is 4.79. The Hall–Kier alpha value is -1.24. The Morgan fingerprint density at radius 1 is 1.11 bits per heavy atom. The molecule has 7 heteroatoms. The van der Waals surface area contributed by atoms with E-state index in [1.165, 1.54) is 6.92 Å². The highest BCUT2D eigenvalue weighted by Gasteiger charge is 2.34. The van der Waals surface area contributed by atoms with E-state index in [0.717, 1.165) is 12.1 Å². The molecule has 1 nitrogen and oxygen atoms in total. The van der Waals surface area contributed by atoms with E-state index < -0.39 is 30.4 Å². The molecule has 0 fully saturated rings. The highest BCUT2D eigenvalue weighted by atomic mass is 19.4. The number of aliphatic hydroxyl groups is 1. The predicted molar refractivity (Wildman–Crippen MR) is 51.8 cm³/mol. The SMILES string of the molecule is Cc1cc(C(F)(F)F)ccc1C(O)CC(F)(F)F. The van der Waals surface area contributed by atoms with Gasteiger partial charge in [0.2, 0.25) is 0 Å². The van der Waals surface area contributed by atoms with Crippen molar-refractivity contribution in [3.8, 4) is 0 Å². The standard InChI is InChI=1S/C11H10F6O/c1-6-4-7(11(15,16)17)2-3-8(6)9(18)5-10(12,13)14/h2-4,9,18H,5H2,1H3. The lowest BCUT2D eigenvalue weighted by molar-refractivity contribution is -0.154. The highest BCUT2D eigenvalue weighted by Crippen LogP contribution is 2.34. The van der Waals surface area contributed by atoms with Crippen molar-refractivity contribution in [3.05, 3.63) is 34.9 Å². The first kappa shape index (κ1) is 14.8. The van der Waals surface area contributed by atoms with E-state index >= 15 is 0 Å². The van der Waals surface area contributed by atoms with Crippen LogP contribution in [0.1, 0.15) is 29.2 Å². The summed E-state index contributed by atoms with van der Waals surface area (Å²) in [5, 5.41) is 9.33. The van der Waals surface area contributed by atoms with Crippen molar-refractivity contribution in [3.63, 3.8) is 0 Å².